The van der Waals surface area contributed by atoms with Crippen molar-refractivity contribution in [2.45, 2.75) is 12.2 Å². The fraction of sp³-hybridized carbons (Fsp3) is 0.350. The molecule has 2 aromatic rings. The molecular formula is C20H20F4N2O2. The summed E-state index contributed by atoms with van der Waals surface area (Å²) in [5.74, 6) is -0.813. The Morgan fingerprint density at radius 2 is 1.64 bits per heavy atom. The van der Waals surface area contributed by atoms with Gasteiger partial charge in [-0.25, -0.2) is 4.39 Å². The van der Waals surface area contributed by atoms with Gasteiger partial charge in [0.2, 0.25) is 0 Å². The molecule has 8 heteroatoms. The van der Waals surface area contributed by atoms with Crippen molar-refractivity contribution in [2.75, 3.05) is 32.8 Å². The summed E-state index contributed by atoms with van der Waals surface area (Å²) >= 11 is 0. The van der Waals surface area contributed by atoms with Crippen LogP contribution < -0.4 is 5.32 Å². The molecule has 1 fully saturated rings. The number of ether oxygens (including phenoxy) is 1. The molecule has 0 aliphatic carbocycles. The van der Waals surface area contributed by atoms with Crippen LogP contribution in [-0.4, -0.2) is 43.7 Å². The SMILES string of the molecule is O=C(NC[C@H](c1ccc(F)cc1)N1CCOCC1)c1ccc(C(F)(F)F)cc1. The Balaban J connectivity index is 1.70. The van der Waals surface area contributed by atoms with E-state index in [0.717, 1.165) is 29.8 Å². The van der Waals surface area contributed by atoms with Crippen LogP contribution in [0.2, 0.25) is 0 Å². The zero-order valence-corrected chi connectivity index (χ0v) is 15.0. The molecule has 28 heavy (non-hydrogen) atoms. The average Bonchev–Trinajstić information content (AvgIpc) is 2.69. The van der Waals surface area contributed by atoms with E-state index in [4.69, 9.17) is 4.74 Å². The number of carbonyl (C=O) groups is 1. The first-order valence-electron chi connectivity index (χ1n) is 8.87. The molecule has 0 radical (unpaired) electrons. The minimum absolute atomic E-state index is 0.146. The van der Waals surface area contributed by atoms with Gasteiger partial charge in [-0.2, -0.15) is 13.2 Å². The van der Waals surface area contributed by atoms with Crippen molar-refractivity contribution in [3.05, 3.63) is 71.0 Å². The summed E-state index contributed by atoms with van der Waals surface area (Å²) in [6, 6.07) is 9.94. The predicted octanol–water partition coefficient (Wildman–Crippen LogP) is 3.65. The maximum Gasteiger partial charge on any atom is 0.416 e. The summed E-state index contributed by atoms with van der Waals surface area (Å²) in [6.45, 7) is 2.69. The summed E-state index contributed by atoms with van der Waals surface area (Å²) in [5.41, 5.74) is 0.186. The molecule has 0 bridgehead atoms. The Morgan fingerprint density at radius 1 is 1.04 bits per heavy atom. The molecule has 0 spiro atoms. The van der Waals surface area contributed by atoms with E-state index in [1.807, 2.05) is 0 Å². The van der Waals surface area contributed by atoms with Crippen molar-refractivity contribution in [1.29, 1.82) is 0 Å². The van der Waals surface area contributed by atoms with Crippen molar-refractivity contribution in [2.24, 2.45) is 0 Å². The van der Waals surface area contributed by atoms with Gasteiger partial charge in [0, 0.05) is 25.2 Å². The first-order chi connectivity index (χ1) is 13.3. The highest BCUT2D eigenvalue weighted by atomic mass is 19.4. The number of nitrogens with one attached hydrogen (secondary N) is 1. The van der Waals surface area contributed by atoms with Crippen LogP contribution >= 0.6 is 0 Å². The van der Waals surface area contributed by atoms with Gasteiger partial charge < -0.3 is 10.1 Å². The number of amides is 1. The maximum atomic E-state index is 13.3. The Labute approximate surface area is 160 Å². The van der Waals surface area contributed by atoms with Gasteiger partial charge in [0.05, 0.1) is 24.8 Å². The molecule has 1 N–H and O–H groups in total. The number of rotatable bonds is 5. The smallest absolute Gasteiger partial charge is 0.379 e. The normalized spacial score (nSPS) is 16.6. The second-order valence-electron chi connectivity index (χ2n) is 6.50. The monoisotopic (exact) mass is 396 g/mol. The van der Waals surface area contributed by atoms with Crippen LogP contribution in [0.1, 0.15) is 27.5 Å². The lowest BCUT2D eigenvalue weighted by Gasteiger charge is -2.35. The second-order valence-corrected chi connectivity index (χ2v) is 6.50. The third-order valence-corrected chi connectivity index (χ3v) is 4.67. The molecule has 2 aromatic carbocycles. The third-order valence-electron chi connectivity index (χ3n) is 4.67. The van der Waals surface area contributed by atoms with E-state index in [1.165, 1.54) is 12.1 Å². The number of hydrogen-bond acceptors (Lipinski definition) is 3. The van der Waals surface area contributed by atoms with Crippen LogP contribution in [-0.2, 0) is 10.9 Å². The largest absolute Gasteiger partial charge is 0.416 e. The van der Waals surface area contributed by atoms with Gasteiger partial charge >= 0.3 is 6.18 Å². The minimum atomic E-state index is -4.45. The van der Waals surface area contributed by atoms with Crippen molar-refractivity contribution in [3.63, 3.8) is 0 Å². The summed E-state index contributed by atoms with van der Waals surface area (Å²) in [5, 5.41) is 2.77. The fourth-order valence-electron chi connectivity index (χ4n) is 3.13. The molecule has 1 aliphatic heterocycles. The maximum absolute atomic E-state index is 13.3. The minimum Gasteiger partial charge on any atom is -0.379 e. The molecular weight excluding hydrogens is 376 g/mol. The quantitative estimate of drug-likeness (QED) is 0.785. The number of carbonyl (C=O) groups excluding carboxylic acids is 1. The van der Waals surface area contributed by atoms with E-state index in [0.29, 0.717) is 26.3 Å². The van der Waals surface area contributed by atoms with Gasteiger partial charge in [-0.3, -0.25) is 9.69 Å². The van der Waals surface area contributed by atoms with Gasteiger partial charge in [-0.15, -0.1) is 0 Å². The fourth-order valence-corrected chi connectivity index (χ4v) is 3.13. The van der Waals surface area contributed by atoms with Crippen LogP contribution in [0, 0.1) is 5.82 Å². The molecule has 0 unspecified atom stereocenters. The highest BCUT2D eigenvalue weighted by Gasteiger charge is 2.30. The van der Waals surface area contributed by atoms with E-state index in [2.05, 4.69) is 10.2 Å². The lowest BCUT2D eigenvalue weighted by Crippen LogP contribution is -2.43. The number of morpholine rings is 1. The number of benzene rings is 2. The van der Waals surface area contributed by atoms with Crippen molar-refractivity contribution in [3.8, 4) is 0 Å². The first kappa shape index (κ1) is 20.3. The van der Waals surface area contributed by atoms with Gasteiger partial charge in [0.15, 0.2) is 0 Å². The average molecular weight is 396 g/mol. The van der Waals surface area contributed by atoms with Crippen LogP contribution in [0.5, 0.6) is 0 Å². The molecule has 150 valence electrons. The Morgan fingerprint density at radius 3 is 2.21 bits per heavy atom. The summed E-state index contributed by atoms with van der Waals surface area (Å²) in [4.78, 5) is 14.5. The summed E-state index contributed by atoms with van der Waals surface area (Å²) in [6.07, 6.45) is -4.45. The van der Waals surface area contributed by atoms with E-state index in [9.17, 15) is 22.4 Å². The van der Waals surface area contributed by atoms with Crippen molar-refractivity contribution < 1.29 is 27.1 Å². The predicted molar refractivity (Wildman–Crippen MR) is 95.3 cm³/mol. The van der Waals surface area contributed by atoms with Gasteiger partial charge in [-0.1, -0.05) is 12.1 Å². The molecule has 1 saturated heterocycles. The summed E-state index contributed by atoms with van der Waals surface area (Å²) < 4.78 is 56.6. The third kappa shape index (κ3) is 5.08. The van der Waals surface area contributed by atoms with E-state index in [1.54, 1.807) is 12.1 Å². The molecule has 1 amide bonds. The zero-order valence-electron chi connectivity index (χ0n) is 15.0. The number of nitrogens with zero attached hydrogens (tertiary/aromatic N) is 1. The van der Waals surface area contributed by atoms with E-state index in [-0.39, 0.29) is 24.0 Å². The Bertz CT molecular complexity index is 785. The molecule has 4 nitrogen and oxygen atoms in total. The topological polar surface area (TPSA) is 41.6 Å². The highest BCUT2D eigenvalue weighted by molar-refractivity contribution is 5.94. The van der Waals surface area contributed by atoms with Crippen LogP contribution in [0.3, 0.4) is 0 Å². The molecule has 3 rings (SSSR count). The van der Waals surface area contributed by atoms with Crippen LogP contribution in [0.15, 0.2) is 48.5 Å². The Hall–Kier alpha value is -2.45. The molecule has 1 heterocycles. The van der Waals surface area contributed by atoms with Crippen LogP contribution in [0.25, 0.3) is 0 Å². The standard InChI is InChI=1S/C20H20F4N2O2/c21-17-7-3-14(4-8-17)18(26-9-11-28-12-10-26)13-25-19(27)15-1-5-16(6-2-15)20(22,23)24/h1-8,18H,9-13H2,(H,25,27)/t18-/m1/s1. The zero-order chi connectivity index (χ0) is 20.1. The van der Waals surface area contributed by atoms with E-state index >= 15 is 0 Å². The molecule has 1 aliphatic rings. The number of alkyl halides is 3. The number of halogens is 4. The van der Waals surface area contributed by atoms with Gasteiger partial charge in [0.25, 0.3) is 5.91 Å². The number of hydrogen-bond donors (Lipinski definition) is 1. The summed E-state index contributed by atoms with van der Waals surface area (Å²) in [7, 11) is 0. The lowest BCUT2D eigenvalue weighted by molar-refractivity contribution is -0.137. The Kier molecular flexibility index (Phi) is 6.31. The van der Waals surface area contributed by atoms with Gasteiger partial charge in [0.1, 0.15) is 5.82 Å². The molecule has 0 aromatic heterocycles. The first-order valence-corrected chi connectivity index (χ1v) is 8.87. The van der Waals surface area contributed by atoms with E-state index < -0.39 is 17.6 Å². The van der Waals surface area contributed by atoms with Gasteiger partial charge in [-0.05, 0) is 42.0 Å². The highest BCUT2D eigenvalue weighted by Crippen LogP contribution is 2.29. The lowest BCUT2D eigenvalue weighted by atomic mass is 10.0. The van der Waals surface area contributed by atoms with Crippen molar-refractivity contribution in [1.82, 2.24) is 10.2 Å². The second kappa shape index (κ2) is 8.70. The molecule has 1 atom stereocenters. The van der Waals surface area contributed by atoms with Crippen LogP contribution in [0.4, 0.5) is 17.6 Å². The van der Waals surface area contributed by atoms with Crippen molar-refractivity contribution >= 4 is 5.91 Å². The molecule has 0 saturated carbocycles.